The predicted molar refractivity (Wildman–Crippen MR) is 31.7 cm³/mol. The Morgan fingerprint density at radius 3 is 2.75 bits per heavy atom. The van der Waals surface area contributed by atoms with Gasteiger partial charge in [0, 0.05) is 6.54 Å². The van der Waals surface area contributed by atoms with Gasteiger partial charge in [0.05, 0.1) is 0 Å². The molecule has 1 fully saturated rings. The molecule has 1 heterocycles. The zero-order valence-electron chi connectivity index (χ0n) is 5.22. The molecule has 0 aromatic heterocycles. The average molecular weight is 114 g/mol. The summed E-state index contributed by atoms with van der Waals surface area (Å²) in [4.78, 5) is 2.00. The third-order valence-corrected chi connectivity index (χ3v) is 1.58. The molecule has 8 heavy (non-hydrogen) atoms. The van der Waals surface area contributed by atoms with Gasteiger partial charge in [-0.15, -0.1) is 0 Å². The van der Waals surface area contributed by atoms with Crippen molar-refractivity contribution in [3.63, 3.8) is 0 Å². The van der Waals surface area contributed by atoms with Gasteiger partial charge in [0.15, 0.2) is 6.23 Å². The SMILES string of the molecule is CCN1CCC[C]1O. The number of hydrogen-bond acceptors (Lipinski definition) is 2. The van der Waals surface area contributed by atoms with Crippen molar-refractivity contribution in [1.82, 2.24) is 4.90 Å². The summed E-state index contributed by atoms with van der Waals surface area (Å²) in [5.74, 6) is 0. The van der Waals surface area contributed by atoms with Crippen molar-refractivity contribution in [1.29, 1.82) is 0 Å². The molecule has 1 saturated heterocycles. The highest BCUT2D eigenvalue weighted by Gasteiger charge is 2.20. The van der Waals surface area contributed by atoms with Crippen molar-refractivity contribution >= 4 is 0 Å². The first-order chi connectivity index (χ1) is 3.84. The fourth-order valence-electron chi connectivity index (χ4n) is 1.06. The van der Waals surface area contributed by atoms with Gasteiger partial charge in [-0.1, -0.05) is 6.92 Å². The van der Waals surface area contributed by atoms with Crippen LogP contribution in [0.2, 0.25) is 0 Å². The number of likely N-dealkylation sites (tertiary alicyclic amines) is 1. The second kappa shape index (κ2) is 2.46. The summed E-state index contributed by atoms with van der Waals surface area (Å²) >= 11 is 0. The van der Waals surface area contributed by atoms with Crippen LogP contribution < -0.4 is 0 Å². The van der Waals surface area contributed by atoms with E-state index in [1.807, 2.05) is 4.90 Å². The Kier molecular flexibility index (Phi) is 1.86. The molecule has 1 radical (unpaired) electrons. The molecule has 0 unspecified atom stereocenters. The molecule has 47 valence electrons. The average Bonchev–Trinajstić information content (AvgIpc) is 2.14. The lowest BCUT2D eigenvalue weighted by Gasteiger charge is -2.14. The molecule has 0 atom stereocenters. The van der Waals surface area contributed by atoms with Crippen LogP contribution in [0.1, 0.15) is 19.8 Å². The standard InChI is InChI=1S/C6H12NO/c1-2-7-5-3-4-6(7)8/h8H,2-5H2,1H3. The molecule has 0 amide bonds. The highest BCUT2D eigenvalue weighted by atomic mass is 16.3. The van der Waals surface area contributed by atoms with Crippen molar-refractivity contribution in [2.24, 2.45) is 0 Å². The summed E-state index contributed by atoms with van der Waals surface area (Å²) in [5.41, 5.74) is 0. The normalized spacial score (nSPS) is 24.8. The molecule has 0 bridgehead atoms. The van der Waals surface area contributed by atoms with Crippen molar-refractivity contribution in [2.75, 3.05) is 13.1 Å². The molecule has 0 aromatic carbocycles. The van der Waals surface area contributed by atoms with Crippen LogP contribution in [0, 0.1) is 6.23 Å². The Morgan fingerprint density at radius 1 is 1.75 bits per heavy atom. The largest absolute Gasteiger partial charge is 0.371 e. The van der Waals surface area contributed by atoms with Crippen LogP contribution in [0.3, 0.4) is 0 Å². The summed E-state index contributed by atoms with van der Waals surface area (Å²) < 4.78 is 0. The lowest BCUT2D eigenvalue weighted by molar-refractivity contribution is 0.151. The number of aliphatic hydroxyl groups is 1. The van der Waals surface area contributed by atoms with Gasteiger partial charge in [0.1, 0.15) is 0 Å². The number of aliphatic hydroxyl groups excluding tert-OH is 1. The quantitative estimate of drug-likeness (QED) is 0.549. The zero-order valence-corrected chi connectivity index (χ0v) is 5.22. The molecule has 0 saturated carbocycles. The molecule has 1 rings (SSSR count). The van der Waals surface area contributed by atoms with Crippen molar-refractivity contribution < 1.29 is 5.11 Å². The molecule has 1 aliphatic heterocycles. The van der Waals surface area contributed by atoms with Crippen LogP contribution in [0.5, 0.6) is 0 Å². The fourth-order valence-corrected chi connectivity index (χ4v) is 1.06. The van der Waals surface area contributed by atoms with Gasteiger partial charge in [-0.25, -0.2) is 0 Å². The minimum atomic E-state index is 0.576. The molecule has 0 spiro atoms. The molecule has 2 heteroatoms. The summed E-state index contributed by atoms with van der Waals surface area (Å²) in [6, 6.07) is 0. The first-order valence-corrected chi connectivity index (χ1v) is 3.14. The topological polar surface area (TPSA) is 23.5 Å². The van der Waals surface area contributed by atoms with E-state index >= 15 is 0 Å². The lowest BCUT2D eigenvalue weighted by atomic mass is 10.4. The van der Waals surface area contributed by atoms with E-state index in [0.29, 0.717) is 6.23 Å². The summed E-state index contributed by atoms with van der Waals surface area (Å²) in [5, 5.41) is 9.03. The maximum Gasteiger partial charge on any atom is 0.161 e. The van der Waals surface area contributed by atoms with Gasteiger partial charge in [-0.3, -0.25) is 4.90 Å². The Hall–Kier alpha value is -0.0800. The van der Waals surface area contributed by atoms with Gasteiger partial charge in [-0.2, -0.15) is 0 Å². The third-order valence-electron chi connectivity index (χ3n) is 1.58. The van der Waals surface area contributed by atoms with Gasteiger partial charge < -0.3 is 5.11 Å². The van der Waals surface area contributed by atoms with Crippen LogP contribution in [-0.2, 0) is 0 Å². The third kappa shape index (κ3) is 1.01. The van der Waals surface area contributed by atoms with E-state index < -0.39 is 0 Å². The summed E-state index contributed by atoms with van der Waals surface area (Å²) in [7, 11) is 0. The minimum absolute atomic E-state index is 0.576. The van der Waals surface area contributed by atoms with E-state index in [1.54, 1.807) is 0 Å². The highest BCUT2D eigenvalue weighted by Crippen LogP contribution is 2.19. The van der Waals surface area contributed by atoms with E-state index in [2.05, 4.69) is 6.92 Å². The predicted octanol–water partition coefficient (Wildman–Crippen LogP) is 0.964. The van der Waals surface area contributed by atoms with Gasteiger partial charge in [0.25, 0.3) is 0 Å². The first-order valence-electron chi connectivity index (χ1n) is 3.14. The van der Waals surface area contributed by atoms with Crippen LogP contribution in [0.15, 0.2) is 0 Å². The molecule has 2 nitrogen and oxygen atoms in total. The van der Waals surface area contributed by atoms with E-state index in [9.17, 15) is 0 Å². The smallest absolute Gasteiger partial charge is 0.161 e. The molecule has 1 aliphatic rings. The van der Waals surface area contributed by atoms with Crippen LogP contribution in [0.25, 0.3) is 0 Å². The highest BCUT2D eigenvalue weighted by molar-refractivity contribution is 4.83. The van der Waals surface area contributed by atoms with Crippen LogP contribution in [-0.4, -0.2) is 23.1 Å². The van der Waals surface area contributed by atoms with E-state index in [0.717, 1.165) is 25.9 Å². The molecular formula is C6H12NO. The second-order valence-electron chi connectivity index (χ2n) is 2.10. The van der Waals surface area contributed by atoms with Crippen LogP contribution >= 0.6 is 0 Å². The minimum Gasteiger partial charge on any atom is -0.371 e. The lowest BCUT2D eigenvalue weighted by Crippen LogP contribution is -2.21. The summed E-state index contributed by atoms with van der Waals surface area (Å²) in [6.45, 7) is 4.05. The van der Waals surface area contributed by atoms with E-state index in [1.165, 1.54) is 0 Å². The maximum atomic E-state index is 9.03. The monoisotopic (exact) mass is 114 g/mol. The zero-order chi connectivity index (χ0) is 5.98. The number of rotatable bonds is 1. The van der Waals surface area contributed by atoms with E-state index in [4.69, 9.17) is 5.11 Å². The Labute approximate surface area is 50.1 Å². The number of nitrogens with zero attached hydrogens (tertiary/aromatic N) is 1. The van der Waals surface area contributed by atoms with Gasteiger partial charge in [0.2, 0.25) is 0 Å². The van der Waals surface area contributed by atoms with Crippen molar-refractivity contribution in [3.05, 3.63) is 6.23 Å². The first kappa shape index (κ1) is 6.05. The van der Waals surface area contributed by atoms with Crippen molar-refractivity contribution in [2.45, 2.75) is 19.8 Å². The maximum absolute atomic E-state index is 9.03. The molecule has 0 aromatic rings. The van der Waals surface area contributed by atoms with E-state index in [-0.39, 0.29) is 0 Å². The van der Waals surface area contributed by atoms with Crippen molar-refractivity contribution in [3.8, 4) is 0 Å². The van der Waals surface area contributed by atoms with Gasteiger partial charge >= 0.3 is 0 Å². The second-order valence-corrected chi connectivity index (χ2v) is 2.10. The fraction of sp³-hybridized carbons (Fsp3) is 0.833. The molecule has 1 N–H and O–H groups in total. The Morgan fingerprint density at radius 2 is 2.50 bits per heavy atom. The summed E-state index contributed by atoms with van der Waals surface area (Å²) in [6.07, 6.45) is 2.58. The Bertz CT molecular complexity index is 74.9. The van der Waals surface area contributed by atoms with Gasteiger partial charge in [-0.05, 0) is 19.4 Å². The molecule has 0 aliphatic carbocycles. The molecular weight excluding hydrogens is 102 g/mol. The number of hydrogen-bond donors (Lipinski definition) is 1. The Balaban J connectivity index is 2.30. The van der Waals surface area contributed by atoms with Crippen LogP contribution in [0.4, 0.5) is 0 Å².